The molecule has 0 spiro atoms. The van der Waals surface area contributed by atoms with E-state index in [4.69, 9.17) is 4.65 Å². The molecule has 2 rings (SSSR count). The standard InChI is InChI=1S/C14H21BN2O2/c1-13(2,18)14(3,4)19-15-11-9-17(5)12-8-16-7-6-10(11)12/h6-9,15,18H,1-5H3. The third-order valence-electron chi connectivity index (χ3n) is 3.94. The van der Waals surface area contributed by atoms with Gasteiger partial charge in [-0.2, -0.15) is 0 Å². The Hall–Kier alpha value is -1.33. The highest BCUT2D eigenvalue weighted by molar-refractivity contribution is 6.51. The van der Waals surface area contributed by atoms with E-state index in [0.717, 1.165) is 16.4 Å². The highest BCUT2D eigenvalue weighted by Crippen LogP contribution is 2.24. The van der Waals surface area contributed by atoms with E-state index in [0.29, 0.717) is 7.48 Å². The first-order valence-corrected chi connectivity index (χ1v) is 6.46. The van der Waals surface area contributed by atoms with Crippen molar-refractivity contribution < 1.29 is 9.76 Å². The van der Waals surface area contributed by atoms with Gasteiger partial charge in [0.1, 0.15) is 0 Å². The molecule has 2 heterocycles. The van der Waals surface area contributed by atoms with E-state index in [-0.39, 0.29) is 0 Å². The quantitative estimate of drug-likeness (QED) is 0.838. The molecule has 0 unspecified atom stereocenters. The van der Waals surface area contributed by atoms with Gasteiger partial charge in [-0.05, 0) is 44.6 Å². The van der Waals surface area contributed by atoms with Gasteiger partial charge in [-0.3, -0.25) is 4.98 Å². The van der Waals surface area contributed by atoms with Crippen LogP contribution in [-0.2, 0) is 11.7 Å². The van der Waals surface area contributed by atoms with Crippen LogP contribution in [-0.4, -0.2) is 33.3 Å². The van der Waals surface area contributed by atoms with Crippen molar-refractivity contribution in [3.63, 3.8) is 0 Å². The zero-order valence-corrected chi connectivity index (χ0v) is 12.3. The Kier molecular flexibility index (Phi) is 3.45. The van der Waals surface area contributed by atoms with Gasteiger partial charge in [-0.1, -0.05) is 0 Å². The van der Waals surface area contributed by atoms with Crippen LogP contribution in [0, 0.1) is 0 Å². The zero-order valence-electron chi connectivity index (χ0n) is 12.3. The highest BCUT2D eigenvalue weighted by Gasteiger charge is 2.35. The second-order valence-corrected chi connectivity index (χ2v) is 6.02. The number of aromatic nitrogens is 2. The minimum atomic E-state index is -0.890. The van der Waals surface area contributed by atoms with Crippen LogP contribution >= 0.6 is 0 Å². The molecule has 0 amide bonds. The summed E-state index contributed by atoms with van der Waals surface area (Å²) in [5.41, 5.74) is 0.695. The van der Waals surface area contributed by atoms with Crippen molar-refractivity contribution in [2.45, 2.75) is 38.9 Å². The van der Waals surface area contributed by atoms with Crippen molar-refractivity contribution in [2.75, 3.05) is 0 Å². The largest absolute Gasteiger partial charge is 0.427 e. The lowest BCUT2D eigenvalue weighted by Gasteiger charge is -2.37. The molecule has 4 nitrogen and oxygen atoms in total. The maximum Gasteiger partial charge on any atom is 0.311 e. The molecule has 19 heavy (non-hydrogen) atoms. The molecule has 0 radical (unpaired) electrons. The summed E-state index contributed by atoms with van der Waals surface area (Å²) >= 11 is 0. The molecule has 5 heteroatoms. The van der Waals surface area contributed by atoms with E-state index in [2.05, 4.69) is 4.98 Å². The van der Waals surface area contributed by atoms with Gasteiger partial charge in [0.05, 0.1) is 22.9 Å². The smallest absolute Gasteiger partial charge is 0.311 e. The average Bonchev–Trinajstić information content (AvgIpc) is 2.63. The number of pyridine rings is 1. The maximum atomic E-state index is 10.1. The third kappa shape index (κ3) is 2.67. The average molecular weight is 260 g/mol. The fourth-order valence-electron chi connectivity index (χ4n) is 1.86. The monoisotopic (exact) mass is 260 g/mol. The molecule has 0 saturated heterocycles. The normalized spacial score (nSPS) is 12.9. The topological polar surface area (TPSA) is 47.3 Å². The first kappa shape index (κ1) is 14.1. The van der Waals surface area contributed by atoms with E-state index in [1.165, 1.54) is 0 Å². The minimum Gasteiger partial charge on any atom is -0.427 e. The van der Waals surface area contributed by atoms with Crippen LogP contribution in [0.2, 0.25) is 0 Å². The lowest BCUT2D eigenvalue weighted by atomic mass is 9.82. The van der Waals surface area contributed by atoms with Gasteiger partial charge < -0.3 is 14.3 Å². The molecule has 0 aliphatic rings. The van der Waals surface area contributed by atoms with Gasteiger partial charge in [0.2, 0.25) is 0 Å². The summed E-state index contributed by atoms with van der Waals surface area (Å²) in [4.78, 5) is 4.13. The minimum absolute atomic E-state index is 0.471. The van der Waals surface area contributed by atoms with Crippen molar-refractivity contribution in [2.24, 2.45) is 7.05 Å². The van der Waals surface area contributed by atoms with Crippen LogP contribution in [0.3, 0.4) is 0 Å². The van der Waals surface area contributed by atoms with Crippen LogP contribution in [0.4, 0.5) is 0 Å². The molecular weight excluding hydrogens is 239 g/mol. The van der Waals surface area contributed by atoms with E-state index >= 15 is 0 Å². The van der Waals surface area contributed by atoms with Crippen molar-refractivity contribution in [1.29, 1.82) is 0 Å². The second-order valence-electron chi connectivity index (χ2n) is 6.02. The Morgan fingerprint density at radius 1 is 1.32 bits per heavy atom. The van der Waals surface area contributed by atoms with Crippen LogP contribution in [0.1, 0.15) is 27.7 Å². The van der Waals surface area contributed by atoms with Gasteiger partial charge in [0.15, 0.2) is 0 Å². The van der Waals surface area contributed by atoms with Crippen molar-refractivity contribution in [3.8, 4) is 0 Å². The Morgan fingerprint density at radius 2 is 2.00 bits per heavy atom. The van der Waals surface area contributed by atoms with Crippen LogP contribution in [0.15, 0.2) is 24.7 Å². The summed E-state index contributed by atoms with van der Waals surface area (Å²) in [7, 11) is 2.47. The SMILES string of the molecule is Cn1cc(BOC(C)(C)C(C)(C)O)c2ccncc21. The molecule has 102 valence electrons. The Bertz CT molecular complexity index is 585. The fourth-order valence-corrected chi connectivity index (χ4v) is 1.86. The number of hydrogen-bond acceptors (Lipinski definition) is 3. The molecule has 0 aliphatic carbocycles. The van der Waals surface area contributed by atoms with Crippen LogP contribution < -0.4 is 5.46 Å². The molecule has 1 N–H and O–H groups in total. The molecule has 0 aromatic carbocycles. The van der Waals surface area contributed by atoms with Crippen molar-refractivity contribution >= 4 is 23.8 Å². The van der Waals surface area contributed by atoms with E-state index < -0.39 is 11.2 Å². The zero-order chi connectivity index (χ0) is 14.3. The third-order valence-corrected chi connectivity index (χ3v) is 3.94. The summed E-state index contributed by atoms with van der Waals surface area (Å²) in [5.74, 6) is 0. The first-order chi connectivity index (χ1) is 8.72. The summed E-state index contributed by atoms with van der Waals surface area (Å²) < 4.78 is 7.96. The molecule has 2 aromatic heterocycles. The summed E-state index contributed by atoms with van der Waals surface area (Å²) in [6.45, 7) is 7.33. The molecule has 0 atom stereocenters. The number of rotatable bonds is 4. The van der Waals surface area contributed by atoms with E-state index in [9.17, 15) is 5.11 Å². The molecule has 0 saturated carbocycles. The second kappa shape index (κ2) is 4.65. The molecule has 0 bridgehead atoms. The van der Waals surface area contributed by atoms with E-state index in [1.807, 2.05) is 43.9 Å². The summed E-state index contributed by atoms with van der Waals surface area (Å²) in [6.07, 6.45) is 5.68. The number of aryl methyl sites for hydroxylation is 1. The highest BCUT2D eigenvalue weighted by atomic mass is 16.5. The van der Waals surface area contributed by atoms with Gasteiger partial charge in [-0.15, -0.1) is 0 Å². The number of aliphatic hydroxyl groups is 1. The van der Waals surface area contributed by atoms with Gasteiger partial charge in [0, 0.05) is 19.4 Å². The van der Waals surface area contributed by atoms with Gasteiger partial charge >= 0.3 is 7.48 Å². The molecular formula is C14H21BN2O2. The Labute approximate surface area is 114 Å². The predicted molar refractivity (Wildman–Crippen MR) is 79.0 cm³/mol. The lowest BCUT2D eigenvalue weighted by Crippen LogP contribution is -2.49. The van der Waals surface area contributed by atoms with E-state index in [1.54, 1.807) is 20.0 Å². The Balaban J connectivity index is 2.24. The number of hydrogen-bond donors (Lipinski definition) is 1. The predicted octanol–water partition coefficient (Wildman–Crippen LogP) is 1.12. The van der Waals surface area contributed by atoms with Crippen molar-refractivity contribution in [3.05, 3.63) is 24.7 Å². The van der Waals surface area contributed by atoms with Gasteiger partial charge in [-0.25, -0.2) is 0 Å². The summed E-state index contributed by atoms with van der Waals surface area (Å²) in [5, 5.41) is 11.2. The van der Waals surface area contributed by atoms with Gasteiger partial charge in [0.25, 0.3) is 0 Å². The van der Waals surface area contributed by atoms with Crippen LogP contribution in [0.5, 0.6) is 0 Å². The molecule has 0 fully saturated rings. The first-order valence-electron chi connectivity index (χ1n) is 6.46. The van der Waals surface area contributed by atoms with Crippen molar-refractivity contribution in [1.82, 2.24) is 9.55 Å². The van der Waals surface area contributed by atoms with Crippen LogP contribution in [0.25, 0.3) is 10.9 Å². The number of nitrogens with zero attached hydrogens (tertiary/aromatic N) is 2. The lowest BCUT2D eigenvalue weighted by molar-refractivity contribution is -0.0893. The Morgan fingerprint density at radius 3 is 2.63 bits per heavy atom. The number of fused-ring (bicyclic) bond motifs is 1. The maximum absolute atomic E-state index is 10.1. The molecule has 0 aliphatic heterocycles. The summed E-state index contributed by atoms with van der Waals surface area (Å²) in [6, 6.07) is 1.99. The molecule has 2 aromatic rings. The fraction of sp³-hybridized carbons (Fsp3) is 0.500.